The highest BCUT2D eigenvalue weighted by Crippen LogP contribution is 2.11. The first-order valence-electron chi connectivity index (χ1n) is 4.75. The Labute approximate surface area is 93.7 Å². The van der Waals surface area contributed by atoms with Crippen LogP contribution in [0.25, 0.3) is 5.82 Å². The van der Waals surface area contributed by atoms with Gasteiger partial charge in [0.05, 0.1) is 5.69 Å². The summed E-state index contributed by atoms with van der Waals surface area (Å²) >= 11 is 5.81. The van der Waals surface area contributed by atoms with Crippen molar-refractivity contribution in [3.05, 3.63) is 41.3 Å². The van der Waals surface area contributed by atoms with Crippen molar-refractivity contribution in [2.24, 2.45) is 0 Å². The van der Waals surface area contributed by atoms with E-state index in [1.54, 1.807) is 4.68 Å². The Kier molecular flexibility index (Phi) is 2.73. The van der Waals surface area contributed by atoms with Gasteiger partial charge in [0.25, 0.3) is 0 Å². The fourth-order valence-electron chi connectivity index (χ4n) is 1.46. The van der Waals surface area contributed by atoms with Gasteiger partial charge in [-0.15, -0.1) is 11.6 Å². The highest BCUT2D eigenvalue weighted by atomic mass is 35.5. The van der Waals surface area contributed by atoms with E-state index in [4.69, 9.17) is 11.6 Å². The lowest BCUT2D eigenvalue weighted by atomic mass is 10.2. The molecule has 0 aliphatic rings. The number of hydrogen-bond donors (Lipinski definition) is 0. The molecular weight excluding hydrogens is 210 g/mol. The zero-order valence-electron chi connectivity index (χ0n) is 8.74. The summed E-state index contributed by atoms with van der Waals surface area (Å²) < 4.78 is 1.76. The zero-order valence-corrected chi connectivity index (χ0v) is 9.49. The van der Waals surface area contributed by atoms with Crippen LogP contribution in [0.5, 0.6) is 0 Å². The Hall–Kier alpha value is -1.35. The molecule has 0 spiro atoms. The van der Waals surface area contributed by atoms with Gasteiger partial charge in [0.15, 0.2) is 5.82 Å². The number of aromatic nitrogens is 3. The molecule has 3 nitrogen and oxygen atoms in total. The summed E-state index contributed by atoms with van der Waals surface area (Å²) in [6, 6.07) is 5.88. The maximum absolute atomic E-state index is 5.81. The second kappa shape index (κ2) is 4.03. The lowest BCUT2D eigenvalue weighted by Crippen LogP contribution is -2.01. The van der Waals surface area contributed by atoms with Crippen LogP contribution in [0, 0.1) is 13.8 Å². The highest BCUT2D eigenvalue weighted by molar-refractivity contribution is 6.17. The predicted octanol–water partition coefficient (Wildman–Crippen LogP) is 2.62. The van der Waals surface area contributed by atoms with Crippen LogP contribution in [0.2, 0.25) is 0 Å². The molecule has 0 fully saturated rings. The summed E-state index contributed by atoms with van der Waals surface area (Å²) in [5.74, 6) is 1.31. The number of rotatable bonds is 2. The highest BCUT2D eigenvalue weighted by Gasteiger charge is 2.02. The monoisotopic (exact) mass is 221 g/mol. The van der Waals surface area contributed by atoms with Crippen LogP contribution < -0.4 is 0 Å². The molecule has 2 aromatic rings. The number of nitrogens with zero attached hydrogens (tertiary/aromatic N) is 3. The van der Waals surface area contributed by atoms with Gasteiger partial charge in [-0.3, -0.25) is 0 Å². The fraction of sp³-hybridized carbons (Fsp3) is 0.273. The van der Waals surface area contributed by atoms with E-state index in [2.05, 4.69) is 10.1 Å². The van der Waals surface area contributed by atoms with Crippen molar-refractivity contribution < 1.29 is 0 Å². The van der Waals surface area contributed by atoms with Crippen LogP contribution in [-0.4, -0.2) is 14.8 Å². The summed E-state index contributed by atoms with van der Waals surface area (Å²) in [7, 11) is 0. The molecule has 0 atom stereocenters. The van der Waals surface area contributed by atoms with Gasteiger partial charge in [0, 0.05) is 17.8 Å². The molecular formula is C11H12ClN3. The van der Waals surface area contributed by atoms with Gasteiger partial charge in [-0.25, -0.2) is 9.67 Å². The van der Waals surface area contributed by atoms with Crippen molar-refractivity contribution in [3.63, 3.8) is 0 Å². The quantitative estimate of drug-likeness (QED) is 0.730. The van der Waals surface area contributed by atoms with Crippen LogP contribution >= 0.6 is 11.6 Å². The first kappa shape index (κ1) is 10.2. The van der Waals surface area contributed by atoms with Crippen molar-refractivity contribution in [3.8, 4) is 5.82 Å². The number of aryl methyl sites for hydroxylation is 2. The van der Waals surface area contributed by atoms with Gasteiger partial charge < -0.3 is 0 Å². The third kappa shape index (κ3) is 2.18. The molecule has 2 heterocycles. The van der Waals surface area contributed by atoms with Crippen LogP contribution in [0.4, 0.5) is 0 Å². The molecule has 78 valence electrons. The minimum atomic E-state index is 0.497. The second-order valence-electron chi connectivity index (χ2n) is 3.51. The summed E-state index contributed by atoms with van der Waals surface area (Å²) in [4.78, 5) is 4.41. The number of halogens is 1. The van der Waals surface area contributed by atoms with Crippen molar-refractivity contribution in [1.82, 2.24) is 14.8 Å². The smallest absolute Gasteiger partial charge is 0.153 e. The molecule has 4 heteroatoms. The first-order chi connectivity index (χ1) is 7.19. The lowest BCUT2D eigenvalue weighted by molar-refractivity contribution is 0.824. The first-order valence-corrected chi connectivity index (χ1v) is 5.28. The zero-order chi connectivity index (χ0) is 10.8. The van der Waals surface area contributed by atoms with E-state index in [-0.39, 0.29) is 0 Å². The van der Waals surface area contributed by atoms with Crippen molar-refractivity contribution in [2.75, 3.05) is 0 Å². The average Bonchev–Trinajstić information content (AvgIpc) is 2.64. The molecule has 2 rings (SSSR count). The van der Waals surface area contributed by atoms with Crippen LogP contribution in [0.15, 0.2) is 24.4 Å². The van der Waals surface area contributed by atoms with Crippen LogP contribution in [0.3, 0.4) is 0 Å². The maximum Gasteiger partial charge on any atom is 0.153 e. The van der Waals surface area contributed by atoms with Gasteiger partial charge in [0.1, 0.15) is 0 Å². The van der Waals surface area contributed by atoms with Gasteiger partial charge in [0.2, 0.25) is 0 Å². The molecule has 0 unspecified atom stereocenters. The summed E-state index contributed by atoms with van der Waals surface area (Å²) in [5, 5.41) is 4.31. The van der Waals surface area contributed by atoms with E-state index in [9.17, 15) is 0 Å². The average molecular weight is 222 g/mol. The minimum Gasteiger partial charge on any atom is -0.234 e. The second-order valence-corrected chi connectivity index (χ2v) is 3.78. The standard InChI is InChI=1S/C11H12ClN3/c1-8-3-4-15(14-8)11-6-10(7-12)5-9(2)13-11/h3-6H,7H2,1-2H3. The summed E-state index contributed by atoms with van der Waals surface area (Å²) in [5.41, 5.74) is 2.99. The third-order valence-corrected chi connectivity index (χ3v) is 2.42. The molecule has 0 aromatic carbocycles. The molecule has 0 saturated heterocycles. The molecule has 0 amide bonds. The van der Waals surface area contributed by atoms with E-state index >= 15 is 0 Å². The lowest BCUT2D eigenvalue weighted by Gasteiger charge is -2.04. The van der Waals surface area contributed by atoms with Gasteiger partial charge in [-0.05, 0) is 37.6 Å². The SMILES string of the molecule is Cc1cc(CCl)cc(-n2ccc(C)n2)n1. The van der Waals surface area contributed by atoms with Crippen LogP contribution in [-0.2, 0) is 5.88 Å². The van der Waals surface area contributed by atoms with E-state index < -0.39 is 0 Å². The number of pyridine rings is 1. The molecule has 0 N–H and O–H groups in total. The minimum absolute atomic E-state index is 0.497. The van der Waals surface area contributed by atoms with E-state index in [0.29, 0.717) is 5.88 Å². The normalized spacial score (nSPS) is 10.6. The summed E-state index contributed by atoms with van der Waals surface area (Å²) in [6.07, 6.45) is 1.90. The topological polar surface area (TPSA) is 30.7 Å². The molecule has 15 heavy (non-hydrogen) atoms. The Morgan fingerprint density at radius 2 is 2.07 bits per heavy atom. The Balaban J connectivity index is 2.48. The van der Waals surface area contributed by atoms with Gasteiger partial charge in [-0.1, -0.05) is 0 Å². The van der Waals surface area contributed by atoms with E-state index in [1.165, 1.54) is 0 Å². The Morgan fingerprint density at radius 3 is 2.67 bits per heavy atom. The third-order valence-electron chi connectivity index (χ3n) is 2.11. The van der Waals surface area contributed by atoms with Crippen LogP contribution in [0.1, 0.15) is 17.0 Å². The fourth-order valence-corrected chi connectivity index (χ4v) is 1.61. The number of alkyl halides is 1. The largest absolute Gasteiger partial charge is 0.234 e. The maximum atomic E-state index is 5.81. The Bertz CT molecular complexity index is 476. The van der Waals surface area contributed by atoms with Crippen molar-refractivity contribution in [2.45, 2.75) is 19.7 Å². The van der Waals surface area contributed by atoms with E-state index in [1.807, 2.05) is 38.2 Å². The molecule has 0 aliphatic carbocycles. The summed E-state index contributed by atoms with van der Waals surface area (Å²) in [6.45, 7) is 3.91. The molecule has 2 aromatic heterocycles. The van der Waals surface area contributed by atoms with Crippen molar-refractivity contribution in [1.29, 1.82) is 0 Å². The Morgan fingerprint density at radius 1 is 1.27 bits per heavy atom. The number of hydrogen-bond acceptors (Lipinski definition) is 2. The van der Waals surface area contributed by atoms with Crippen molar-refractivity contribution >= 4 is 11.6 Å². The van der Waals surface area contributed by atoms with Gasteiger partial charge in [-0.2, -0.15) is 5.10 Å². The molecule has 0 aliphatic heterocycles. The predicted molar refractivity (Wildman–Crippen MR) is 60.4 cm³/mol. The van der Waals surface area contributed by atoms with E-state index in [0.717, 1.165) is 22.8 Å². The molecule has 0 radical (unpaired) electrons. The molecule has 0 bridgehead atoms. The van der Waals surface area contributed by atoms with Gasteiger partial charge >= 0.3 is 0 Å². The molecule has 0 saturated carbocycles.